The lowest BCUT2D eigenvalue weighted by atomic mass is 10.0. The van der Waals surface area contributed by atoms with E-state index < -0.39 is 0 Å². The summed E-state index contributed by atoms with van der Waals surface area (Å²) in [6.45, 7) is 12.6. The summed E-state index contributed by atoms with van der Waals surface area (Å²) in [5.74, 6) is 0.610. The molecule has 0 aliphatic heterocycles. The van der Waals surface area contributed by atoms with Crippen molar-refractivity contribution in [3.63, 3.8) is 0 Å². The molecule has 2 N–H and O–H groups in total. The van der Waals surface area contributed by atoms with Gasteiger partial charge < -0.3 is 10.6 Å². The zero-order chi connectivity index (χ0) is 12.4. The highest BCUT2D eigenvalue weighted by Crippen LogP contribution is 2.06. The quantitative estimate of drug-likeness (QED) is 0.622. The van der Waals surface area contributed by atoms with Crippen molar-refractivity contribution in [3.05, 3.63) is 0 Å². The Labute approximate surface area is 103 Å². The van der Waals surface area contributed by atoms with E-state index >= 15 is 0 Å². The van der Waals surface area contributed by atoms with Crippen LogP contribution >= 0.6 is 0 Å². The van der Waals surface area contributed by atoms with Crippen LogP contribution in [0.2, 0.25) is 0 Å². The fourth-order valence-corrected chi connectivity index (χ4v) is 1.76. The van der Waals surface area contributed by atoms with E-state index in [4.69, 9.17) is 5.73 Å². The van der Waals surface area contributed by atoms with E-state index in [1.807, 2.05) is 0 Å². The predicted octanol–water partition coefficient (Wildman–Crippen LogP) is 3.26. The molecule has 1 atom stereocenters. The van der Waals surface area contributed by atoms with Gasteiger partial charge in [0.2, 0.25) is 0 Å². The first-order valence-electron chi connectivity index (χ1n) is 7.09. The monoisotopic (exact) mass is 228 g/mol. The Hall–Kier alpha value is -0.0800. The number of hydrogen-bond acceptors (Lipinski definition) is 2. The minimum atomic E-state index is 0.366. The molecule has 1 unspecified atom stereocenters. The smallest absolute Gasteiger partial charge is 0.00740 e. The third kappa shape index (κ3) is 8.12. The van der Waals surface area contributed by atoms with E-state index in [0.29, 0.717) is 12.0 Å². The normalized spacial score (nSPS) is 13.7. The molecular weight excluding hydrogens is 196 g/mol. The standard InChI is InChI=1S/C14H32N2/c1-5-7-10-16(11-8-6-2)12-9-14(15)13(3)4/h13-14H,5-12,15H2,1-4H3. The van der Waals surface area contributed by atoms with E-state index in [1.54, 1.807) is 0 Å². The van der Waals surface area contributed by atoms with Crippen molar-refractivity contribution in [2.24, 2.45) is 11.7 Å². The second-order valence-corrected chi connectivity index (χ2v) is 5.25. The van der Waals surface area contributed by atoms with Gasteiger partial charge in [0.1, 0.15) is 0 Å². The van der Waals surface area contributed by atoms with Crippen LogP contribution in [0.5, 0.6) is 0 Å². The topological polar surface area (TPSA) is 29.3 Å². The van der Waals surface area contributed by atoms with E-state index in [2.05, 4.69) is 32.6 Å². The van der Waals surface area contributed by atoms with Gasteiger partial charge in [-0.1, -0.05) is 40.5 Å². The Morgan fingerprint density at radius 2 is 1.44 bits per heavy atom. The SMILES string of the molecule is CCCCN(CCCC)CCC(N)C(C)C. The minimum absolute atomic E-state index is 0.366. The molecule has 2 heteroatoms. The summed E-state index contributed by atoms with van der Waals surface area (Å²) in [5, 5.41) is 0. The van der Waals surface area contributed by atoms with Gasteiger partial charge in [-0.15, -0.1) is 0 Å². The maximum absolute atomic E-state index is 6.10. The molecule has 2 nitrogen and oxygen atoms in total. The van der Waals surface area contributed by atoms with Crippen LogP contribution in [0, 0.1) is 5.92 Å². The third-order valence-electron chi connectivity index (χ3n) is 3.29. The van der Waals surface area contributed by atoms with E-state index in [-0.39, 0.29) is 0 Å². The average molecular weight is 228 g/mol. The largest absolute Gasteiger partial charge is 0.327 e. The Bertz CT molecular complexity index is 138. The maximum atomic E-state index is 6.10. The van der Waals surface area contributed by atoms with Gasteiger partial charge in [-0.2, -0.15) is 0 Å². The highest BCUT2D eigenvalue weighted by atomic mass is 15.1. The van der Waals surface area contributed by atoms with Gasteiger partial charge in [0.25, 0.3) is 0 Å². The maximum Gasteiger partial charge on any atom is 0.00740 e. The van der Waals surface area contributed by atoms with Gasteiger partial charge in [0, 0.05) is 6.04 Å². The Morgan fingerprint density at radius 1 is 0.938 bits per heavy atom. The number of hydrogen-bond donors (Lipinski definition) is 1. The fraction of sp³-hybridized carbons (Fsp3) is 1.00. The molecular formula is C14H32N2. The summed E-state index contributed by atoms with van der Waals surface area (Å²) in [6, 6.07) is 0.366. The second-order valence-electron chi connectivity index (χ2n) is 5.25. The zero-order valence-electron chi connectivity index (χ0n) is 11.8. The summed E-state index contributed by atoms with van der Waals surface area (Å²) in [4.78, 5) is 2.59. The Kier molecular flexibility index (Phi) is 10.0. The molecule has 0 amide bonds. The lowest BCUT2D eigenvalue weighted by Crippen LogP contribution is -2.34. The first-order valence-corrected chi connectivity index (χ1v) is 7.09. The lowest BCUT2D eigenvalue weighted by Gasteiger charge is -2.24. The highest BCUT2D eigenvalue weighted by molar-refractivity contribution is 4.68. The van der Waals surface area contributed by atoms with Crippen LogP contribution in [0.4, 0.5) is 0 Å². The molecule has 0 aromatic carbocycles. The van der Waals surface area contributed by atoms with Crippen LogP contribution in [0.25, 0.3) is 0 Å². The van der Waals surface area contributed by atoms with Gasteiger partial charge in [-0.3, -0.25) is 0 Å². The number of nitrogens with zero attached hydrogens (tertiary/aromatic N) is 1. The van der Waals surface area contributed by atoms with E-state index in [0.717, 1.165) is 6.42 Å². The van der Waals surface area contributed by atoms with Crippen LogP contribution in [0.1, 0.15) is 59.8 Å². The molecule has 0 aromatic heterocycles. The summed E-state index contributed by atoms with van der Waals surface area (Å²) < 4.78 is 0. The molecule has 16 heavy (non-hydrogen) atoms. The second kappa shape index (κ2) is 10.1. The average Bonchev–Trinajstić information content (AvgIpc) is 2.27. The van der Waals surface area contributed by atoms with Gasteiger partial charge >= 0.3 is 0 Å². The third-order valence-corrected chi connectivity index (χ3v) is 3.29. The minimum Gasteiger partial charge on any atom is -0.327 e. The van der Waals surface area contributed by atoms with Gasteiger partial charge in [0.15, 0.2) is 0 Å². The van der Waals surface area contributed by atoms with Crippen LogP contribution in [0.15, 0.2) is 0 Å². The van der Waals surface area contributed by atoms with Crippen molar-refractivity contribution < 1.29 is 0 Å². The van der Waals surface area contributed by atoms with E-state index in [1.165, 1.54) is 45.3 Å². The molecule has 0 radical (unpaired) electrons. The van der Waals surface area contributed by atoms with Crippen LogP contribution in [0.3, 0.4) is 0 Å². The van der Waals surface area contributed by atoms with Gasteiger partial charge in [0.05, 0.1) is 0 Å². The van der Waals surface area contributed by atoms with Crippen molar-refractivity contribution in [2.75, 3.05) is 19.6 Å². The first-order chi connectivity index (χ1) is 7.61. The van der Waals surface area contributed by atoms with Crippen LogP contribution in [-0.4, -0.2) is 30.6 Å². The summed E-state index contributed by atoms with van der Waals surface area (Å²) in [5.41, 5.74) is 6.10. The van der Waals surface area contributed by atoms with Crippen molar-refractivity contribution in [2.45, 2.75) is 65.8 Å². The summed E-state index contributed by atoms with van der Waals surface area (Å²) in [6.07, 6.45) is 6.37. The summed E-state index contributed by atoms with van der Waals surface area (Å²) >= 11 is 0. The molecule has 0 saturated carbocycles. The first kappa shape index (κ1) is 15.9. The van der Waals surface area contributed by atoms with Crippen molar-refractivity contribution in [3.8, 4) is 0 Å². The van der Waals surface area contributed by atoms with Crippen molar-refractivity contribution in [1.82, 2.24) is 4.90 Å². The molecule has 0 aromatic rings. The molecule has 0 aliphatic carbocycles. The number of nitrogens with two attached hydrogens (primary N) is 1. The fourth-order valence-electron chi connectivity index (χ4n) is 1.76. The molecule has 0 aliphatic rings. The highest BCUT2D eigenvalue weighted by Gasteiger charge is 2.10. The van der Waals surface area contributed by atoms with Crippen LogP contribution < -0.4 is 5.73 Å². The predicted molar refractivity (Wildman–Crippen MR) is 73.7 cm³/mol. The number of rotatable bonds is 10. The lowest BCUT2D eigenvalue weighted by molar-refractivity contribution is 0.247. The molecule has 0 rings (SSSR count). The van der Waals surface area contributed by atoms with Crippen molar-refractivity contribution in [1.29, 1.82) is 0 Å². The molecule has 0 fully saturated rings. The summed E-state index contributed by atoms with van der Waals surface area (Å²) in [7, 11) is 0. The molecule has 98 valence electrons. The Balaban J connectivity index is 3.80. The molecule has 0 spiro atoms. The van der Waals surface area contributed by atoms with Crippen molar-refractivity contribution >= 4 is 0 Å². The zero-order valence-corrected chi connectivity index (χ0v) is 11.8. The number of unbranched alkanes of at least 4 members (excludes halogenated alkanes) is 2. The van der Waals surface area contributed by atoms with Crippen LogP contribution in [-0.2, 0) is 0 Å². The molecule has 0 bridgehead atoms. The molecule has 0 heterocycles. The van der Waals surface area contributed by atoms with E-state index in [9.17, 15) is 0 Å². The molecule has 0 saturated heterocycles. The van der Waals surface area contributed by atoms with Gasteiger partial charge in [-0.05, 0) is 44.8 Å². The van der Waals surface area contributed by atoms with Gasteiger partial charge in [-0.25, -0.2) is 0 Å². The Morgan fingerprint density at radius 3 is 1.81 bits per heavy atom.